The first kappa shape index (κ1) is 14.2. The number of amides is 1. The Balaban J connectivity index is 2.52. The number of aliphatic hydroxyl groups is 1. The maximum atomic E-state index is 11.7. The highest BCUT2D eigenvalue weighted by atomic mass is 35.5. The minimum absolute atomic E-state index is 0.0750. The molecule has 0 spiro atoms. The van der Waals surface area contributed by atoms with Crippen LogP contribution in [0.15, 0.2) is 12.1 Å². The van der Waals surface area contributed by atoms with Gasteiger partial charge in [0.15, 0.2) is 0 Å². The first-order valence-corrected chi connectivity index (χ1v) is 6.08. The number of aromatic nitrogens is 1. The van der Waals surface area contributed by atoms with Crippen molar-refractivity contribution >= 4 is 29.1 Å². The maximum Gasteiger partial charge on any atom is 0.254 e. The standard InChI is InChI=1S/C11H14Cl2N2O2/c1-2-7(16)5-6-14-11(17)8-3-4-9(12)15-10(8)13/h3-4,7,16H,2,5-6H2,1H3,(H,14,17). The monoisotopic (exact) mass is 276 g/mol. The molecule has 6 heteroatoms. The Kier molecular flexibility index (Phi) is 5.68. The van der Waals surface area contributed by atoms with Crippen LogP contribution < -0.4 is 5.32 Å². The summed E-state index contributed by atoms with van der Waals surface area (Å²) in [5.41, 5.74) is 0.280. The minimum Gasteiger partial charge on any atom is -0.393 e. The Morgan fingerprint density at radius 3 is 2.82 bits per heavy atom. The SMILES string of the molecule is CCC(O)CCNC(=O)c1ccc(Cl)nc1Cl. The fourth-order valence-electron chi connectivity index (χ4n) is 1.23. The van der Waals surface area contributed by atoms with E-state index >= 15 is 0 Å². The number of pyridine rings is 1. The number of nitrogens with zero attached hydrogens (tertiary/aromatic N) is 1. The largest absolute Gasteiger partial charge is 0.393 e. The molecule has 0 aliphatic carbocycles. The van der Waals surface area contributed by atoms with Crippen LogP contribution in [0.1, 0.15) is 30.1 Å². The summed E-state index contributed by atoms with van der Waals surface area (Å²) in [7, 11) is 0. The fourth-order valence-corrected chi connectivity index (χ4v) is 1.66. The molecule has 2 N–H and O–H groups in total. The molecule has 0 fully saturated rings. The molecule has 1 atom stereocenters. The van der Waals surface area contributed by atoms with Crippen LogP contribution in [0.5, 0.6) is 0 Å². The summed E-state index contributed by atoms with van der Waals surface area (Å²) in [5, 5.41) is 12.3. The average Bonchev–Trinajstić information content (AvgIpc) is 2.28. The lowest BCUT2D eigenvalue weighted by Gasteiger charge is -2.09. The molecule has 1 aromatic rings. The summed E-state index contributed by atoms with van der Waals surface area (Å²) in [5.74, 6) is -0.317. The quantitative estimate of drug-likeness (QED) is 0.812. The molecule has 0 aliphatic rings. The van der Waals surface area contributed by atoms with Crippen molar-refractivity contribution in [2.75, 3.05) is 6.54 Å². The first-order valence-electron chi connectivity index (χ1n) is 5.33. The third-order valence-corrected chi connectivity index (χ3v) is 2.79. The summed E-state index contributed by atoms with van der Waals surface area (Å²) in [4.78, 5) is 15.5. The van der Waals surface area contributed by atoms with E-state index < -0.39 is 6.10 Å². The van der Waals surface area contributed by atoms with Crippen molar-refractivity contribution in [2.45, 2.75) is 25.9 Å². The molecule has 1 amide bonds. The second-order valence-electron chi connectivity index (χ2n) is 3.58. The smallest absolute Gasteiger partial charge is 0.254 e. The molecule has 1 aromatic heterocycles. The normalized spacial score (nSPS) is 12.2. The average molecular weight is 277 g/mol. The van der Waals surface area contributed by atoms with Crippen LogP contribution in [0.4, 0.5) is 0 Å². The van der Waals surface area contributed by atoms with Crippen LogP contribution in [0.3, 0.4) is 0 Å². The molecule has 1 unspecified atom stereocenters. The van der Waals surface area contributed by atoms with Gasteiger partial charge in [-0.2, -0.15) is 0 Å². The Bertz CT molecular complexity index is 399. The second kappa shape index (κ2) is 6.79. The zero-order chi connectivity index (χ0) is 12.8. The third kappa shape index (κ3) is 4.50. The van der Waals surface area contributed by atoms with E-state index in [1.807, 2.05) is 6.92 Å². The predicted octanol–water partition coefficient (Wildman–Crippen LogP) is 2.28. The predicted molar refractivity (Wildman–Crippen MR) is 67.5 cm³/mol. The molecule has 4 nitrogen and oxygen atoms in total. The zero-order valence-corrected chi connectivity index (χ0v) is 10.9. The highest BCUT2D eigenvalue weighted by Gasteiger charge is 2.11. The van der Waals surface area contributed by atoms with Crippen LogP contribution >= 0.6 is 23.2 Å². The van der Waals surface area contributed by atoms with E-state index in [0.717, 1.165) is 0 Å². The van der Waals surface area contributed by atoms with Gasteiger partial charge in [-0.1, -0.05) is 30.1 Å². The van der Waals surface area contributed by atoms with Gasteiger partial charge in [-0.25, -0.2) is 4.98 Å². The van der Waals surface area contributed by atoms with Crippen LogP contribution in [0.2, 0.25) is 10.3 Å². The molecule has 0 radical (unpaired) electrons. The van der Waals surface area contributed by atoms with Gasteiger partial charge in [0.2, 0.25) is 0 Å². The summed E-state index contributed by atoms with van der Waals surface area (Å²) >= 11 is 11.4. The summed E-state index contributed by atoms with van der Waals surface area (Å²) < 4.78 is 0. The summed E-state index contributed by atoms with van der Waals surface area (Å²) in [6.07, 6.45) is 0.786. The Labute approximate surface area is 110 Å². The number of carbonyl (C=O) groups excluding carboxylic acids is 1. The van der Waals surface area contributed by atoms with Gasteiger partial charge in [0.25, 0.3) is 5.91 Å². The highest BCUT2D eigenvalue weighted by molar-refractivity contribution is 6.34. The topological polar surface area (TPSA) is 62.2 Å². The fraction of sp³-hybridized carbons (Fsp3) is 0.455. The van der Waals surface area contributed by atoms with E-state index in [1.165, 1.54) is 12.1 Å². The van der Waals surface area contributed by atoms with E-state index in [4.69, 9.17) is 23.2 Å². The molecule has 1 rings (SSSR count). The zero-order valence-electron chi connectivity index (χ0n) is 9.41. The van der Waals surface area contributed by atoms with Crippen molar-refractivity contribution in [1.29, 1.82) is 0 Å². The lowest BCUT2D eigenvalue weighted by atomic mass is 10.2. The third-order valence-electron chi connectivity index (χ3n) is 2.29. The van der Waals surface area contributed by atoms with E-state index in [0.29, 0.717) is 19.4 Å². The molecule has 17 heavy (non-hydrogen) atoms. The van der Waals surface area contributed by atoms with Crippen LogP contribution in [0.25, 0.3) is 0 Å². The highest BCUT2D eigenvalue weighted by Crippen LogP contribution is 2.16. The number of aliphatic hydroxyl groups excluding tert-OH is 1. The van der Waals surface area contributed by atoms with E-state index in [2.05, 4.69) is 10.3 Å². The van der Waals surface area contributed by atoms with E-state index in [1.54, 1.807) is 0 Å². The number of nitrogens with one attached hydrogen (secondary N) is 1. The van der Waals surface area contributed by atoms with Gasteiger partial charge in [0, 0.05) is 6.54 Å². The van der Waals surface area contributed by atoms with Gasteiger partial charge in [-0.15, -0.1) is 0 Å². The molecule has 94 valence electrons. The van der Waals surface area contributed by atoms with Crippen LogP contribution in [0, 0.1) is 0 Å². The maximum absolute atomic E-state index is 11.7. The molecule has 0 saturated heterocycles. The van der Waals surface area contributed by atoms with Crippen molar-refractivity contribution in [2.24, 2.45) is 0 Å². The van der Waals surface area contributed by atoms with E-state index in [9.17, 15) is 9.90 Å². The van der Waals surface area contributed by atoms with Gasteiger partial charge in [0.1, 0.15) is 10.3 Å². The minimum atomic E-state index is -0.394. The van der Waals surface area contributed by atoms with Gasteiger partial charge in [0.05, 0.1) is 11.7 Å². The molecular formula is C11H14Cl2N2O2. The molecule has 0 aliphatic heterocycles. The van der Waals surface area contributed by atoms with Crippen LogP contribution in [-0.4, -0.2) is 28.6 Å². The Morgan fingerprint density at radius 2 is 2.24 bits per heavy atom. The number of carbonyl (C=O) groups is 1. The van der Waals surface area contributed by atoms with Crippen molar-refractivity contribution in [3.63, 3.8) is 0 Å². The van der Waals surface area contributed by atoms with Crippen molar-refractivity contribution < 1.29 is 9.90 Å². The van der Waals surface area contributed by atoms with Crippen molar-refractivity contribution in [3.8, 4) is 0 Å². The summed E-state index contributed by atoms with van der Waals surface area (Å²) in [6, 6.07) is 3.02. The number of hydrogen-bond donors (Lipinski definition) is 2. The molecular weight excluding hydrogens is 263 g/mol. The number of rotatable bonds is 5. The Morgan fingerprint density at radius 1 is 1.53 bits per heavy atom. The van der Waals surface area contributed by atoms with Crippen molar-refractivity contribution in [3.05, 3.63) is 28.0 Å². The van der Waals surface area contributed by atoms with Gasteiger partial charge >= 0.3 is 0 Å². The second-order valence-corrected chi connectivity index (χ2v) is 4.32. The van der Waals surface area contributed by atoms with E-state index in [-0.39, 0.29) is 21.8 Å². The number of hydrogen-bond acceptors (Lipinski definition) is 3. The summed E-state index contributed by atoms with van der Waals surface area (Å²) in [6.45, 7) is 2.28. The Hall–Kier alpha value is -0.840. The lowest BCUT2D eigenvalue weighted by molar-refractivity contribution is 0.0942. The van der Waals surface area contributed by atoms with Gasteiger partial charge in [-0.05, 0) is 25.0 Å². The molecule has 0 aromatic carbocycles. The van der Waals surface area contributed by atoms with Gasteiger partial charge in [-0.3, -0.25) is 4.79 Å². The molecule has 0 bridgehead atoms. The van der Waals surface area contributed by atoms with Crippen LogP contribution in [-0.2, 0) is 0 Å². The number of halogens is 2. The molecule has 1 heterocycles. The molecule has 0 saturated carbocycles. The van der Waals surface area contributed by atoms with Gasteiger partial charge < -0.3 is 10.4 Å². The van der Waals surface area contributed by atoms with Crippen molar-refractivity contribution in [1.82, 2.24) is 10.3 Å². The lowest BCUT2D eigenvalue weighted by Crippen LogP contribution is -2.27. The first-order chi connectivity index (χ1) is 8.04.